The summed E-state index contributed by atoms with van der Waals surface area (Å²) in [6, 6.07) is 25.3. The van der Waals surface area contributed by atoms with Crippen LogP contribution in [0.25, 0.3) is 11.1 Å². The van der Waals surface area contributed by atoms with Crippen molar-refractivity contribution in [1.82, 2.24) is 5.32 Å². The molecule has 2 N–H and O–H groups in total. The molecule has 1 unspecified atom stereocenters. The molecule has 132 valence electrons. The second-order valence-electron chi connectivity index (χ2n) is 6.71. The second-order valence-corrected chi connectivity index (χ2v) is 6.71. The maximum Gasteiger partial charge on any atom is 0.251 e. The van der Waals surface area contributed by atoms with Crippen molar-refractivity contribution in [2.45, 2.75) is 19.4 Å². The van der Waals surface area contributed by atoms with E-state index in [-0.39, 0.29) is 12.5 Å². The van der Waals surface area contributed by atoms with Crippen LogP contribution in [-0.2, 0) is 5.60 Å². The number of hydrogen-bond donors (Lipinski definition) is 2. The minimum Gasteiger partial charge on any atom is -0.384 e. The number of aliphatic hydroxyl groups is 1. The minimum atomic E-state index is -1.15. The quantitative estimate of drug-likeness (QED) is 0.724. The van der Waals surface area contributed by atoms with Crippen LogP contribution in [0, 0.1) is 6.92 Å². The van der Waals surface area contributed by atoms with Crippen molar-refractivity contribution < 1.29 is 9.90 Å². The summed E-state index contributed by atoms with van der Waals surface area (Å²) in [5.74, 6) is -0.177. The molecule has 3 nitrogen and oxygen atoms in total. The zero-order valence-corrected chi connectivity index (χ0v) is 15.1. The number of benzene rings is 3. The lowest BCUT2D eigenvalue weighted by Gasteiger charge is -2.24. The van der Waals surface area contributed by atoms with E-state index < -0.39 is 5.60 Å². The molecule has 0 aromatic heterocycles. The first-order valence-corrected chi connectivity index (χ1v) is 8.69. The fourth-order valence-electron chi connectivity index (χ4n) is 2.93. The first-order valence-electron chi connectivity index (χ1n) is 8.69. The summed E-state index contributed by atoms with van der Waals surface area (Å²) in [7, 11) is 0. The molecule has 0 heterocycles. The first-order chi connectivity index (χ1) is 12.5. The molecule has 0 saturated heterocycles. The van der Waals surface area contributed by atoms with Crippen LogP contribution in [0.3, 0.4) is 0 Å². The Morgan fingerprint density at radius 1 is 0.885 bits per heavy atom. The highest BCUT2D eigenvalue weighted by atomic mass is 16.3. The molecule has 1 amide bonds. The van der Waals surface area contributed by atoms with Gasteiger partial charge in [-0.15, -0.1) is 0 Å². The van der Waals surface area contributed by atoms with Crippen LogP contribution in [0.4, 0.5) is 0 Å². The molecular formula is C23H23NO2. The van der Waals surface area contributed by atoms with Gasteiger partial charge in [0.25, 0.3) is 5.91 Å². The molecule has 3 aromatic rings. The van der Waals surface area contributed by atoms with Gasteiger partial charge in [-0.3, -0.25) is 4.79 Å². The van der Waals surface area contributed by atoms with Crippen molar-refractivity contribution in [3.63, 3.8) is 0 Å². The standard InChI is InChI=1S/C23H23NO2/c1-17-8-6-7-11-21(17)22(25)24-16-23(2,26)20-14-12-19(13-15-20)18-9-4-3-5-10-18/h3-15,26H,16H2,1-2H3,(H,24,25). The van der Waals surface area contributed by atoms with E-state index in [4.69, 9.17) is 0 Å². The highest BCUT2D eigenvalue weighted by Gasteiger charge is 2.24. The second kappa shape index (κ2) is 7.54. The maximum atomic E-state index is 12.4. The molecule has 0 aliphatic carbocycles. The van der Waals surface area contributed by atoms with E-state index in [1.807, 2.05) is 67.6 Å². The minimum absolute atomic E-state index is 0.144. The largest absolute Gasteiger partial charge is 0.384 e. The molecule has 3 aromatic carbocycles. The van der Waals surface area contributed by atoms with Crippen molar-refractivity contribution in [1.29, 1.82) is 0 Å². The Hall–Kier alpha value is -2.91. The average molecular weight is 345 g/mol. The van der Waals surface area contributed by atoms with Gasteiger partial charge in [0.15, 0.2) is 0 Å². The van der Waals surface area contributed by atoms with E-state index in [2.05, 4.69) is 17.4 Å². The third-order valence-corrected chi connectivity index (χ3v) is 4.60. The Balaban J connectivity index is 1.70. The number of carbonyl (C=O) groups is 1. The zero-order valence-electron chi connectivity index (χ0n) is 15.1. The number of rotatable bonds is 5. The highest BCUT2D eigenvalue weighted by Crippen LogP contribution is 2.25. The lowest BCUT2D eigenvalue weighted by atomic mass is 9.93. The summed E-state index contributed by atoms with van der Waals surface area (Å²) < 4.78 is 0. The molecule has 0 fully saturated rings. The topological polar surface area (TPSA) is 49.3 Å². The fraction of sp³-hybridized carbons (Fsp3) is 0.174. The highest BCUT2D eigenvalue weighted by molar-refractivity contribution is 5.95. The SMILES string of the molecule is Cc1ccccc1C(=O)NCC(C)(O)c1ccc(-c2ccccc2)cc1. The number of amides is 1. The molecule has 0 bridgehead atoms. The molecule has 26 heavy (non-hydrogen) atoms. The summed E-state index contributed by atoms with van der Waals surface area (Å²) in [6.07, 6.45) is 0. The van der Waals surface area contributed by atoms with E-state index in [0.717, 1.165) is 22.3 Å². The predicted octanol–water partition coefficient (Wildman–Crippen LogP) is 4.30. The fourth-order valence-corrected chi connectivity index (χ4v) is 2.93. The van der Waals surface area contributed by atoms with Gasteiger partial charge in [0.2, 0.25) is 0 Å². The lowest BCUT2D eigenvalue weighted by Crippen LogP contribution is -2.38. The van der Waals surface area contributed by atoms with E-state index in [1.165, 1.54) is 0 Å². The van der Waals surface area contributed by atoms with Crippen LogP contribution in [0.5, 0.6) is 0 Å². The first kappa shape index (κ1) is 17.9. The van der Waals surface area contributed by atoms with Crippen LogP contribution < -0.4 is 5.32 Å². The van der Waals surface area contributed by atoms with Gasteiger partial charge >= 0.3 is 0 Å². The molecular weight excluding hydrogens is 322 g/mol. The van der Waals surface area contributed by atoms with Crippen LogP contribution in [0.2, 0.25) is 0 Å². The number of hydrogen-bond acceptors (Lipinski definition) is 2. The lowest BCUT2D eigenvalue weighted by molar-refractivity contribution is 0.0526. The molecule has 0 aliphatic rings. The summed E-state index contributed by atoms with van der Waals surface area (Å²) in [5, 5.41) is 13.6. The molecule has 3 rings (SSSR count). The predicted molar refractivity (Wildman–Crippen MR) is 105 cm³/mol. The Bertz CT molecular complexity index is 884. The summed E-state index contributed by atoms with van der Waals surface area (Å²) in [6.45, 7) is 3.75. The van der Waals surface area contributed by atoms with Gasteiger partial charge in [0, 0.05) is 5.56 Å². The van der Waals surface area contributed by atoms with Crippen LogP contribution in [0.15, 0.2) is 78.9 Å². The van der Waals surface area contributed by atoms with Crippen molar-refractivity contribution in [3.05, 3.63) is 95.6 Å². The Labute approximate surface area is 154 Å². The van der Waals surface area contributed by atoms with Crippen molar-refractivity contribution >= 4 is 5.91 Å². The van der Waals surface area contributed by atoms with Gasteiger partial charge in [-0.05, 0) is 42.2 Å². The number of aryl methyl sites for hydroxylation is 1. The molecule has 3 heteroatoms. The van der Waals surface area contributed by atoms with E-state index in [9.17, 15) is 9.90 Å². The van der Waals surface area contributed by atoms with Crippen LogP contribution in [-0.4, -0.2) is 17.6 Å². The van der Waals surface area contributed by atoms with Gasteiger partial charge in [-0.2, -0.15) is 0 Å². The molecule has 0 radical (unpaired) electrons. The maximum absolute atomic E-state index is 12.4. The van der Waals surface area contributed by atoms with Crippen LogP contribution >= 0.6 is 0 Å². The van der Waals surface area contributed by atoms with Gasteiger partial charge < -0.3 is 10.4 Å². The Morgan fingerprint density at radius 3 is 2.12 bits per heavy atom. The summed E-state index contributed by atoms with van der Waals surface area (Å²) in [5.41, 5.74) is 3.38. The van der Waals surface area contributed by atoms with Gasteiger partial charge in [-0.25, -0.2) is 0 Å². The van der Waals surface area contributed by atoms with Crippen LogP contribution in [0.1, 0.15) is 28.4 Å². The number of carbonyl (C=O) groups excluding carboxylic acids is 1. The summed E-state index contributed by atoms with van der Waals surface area (Å²) in [4.78, 5) is 12.4. The smallest absolute Gasteiger partial charge is 0.251 e. The summed E-state index contributed by atoms with van der Waals surface area (Å²) >= 11 is 0. The van der Waals surface area contributed by atoms with Crippen molar-refractivity contribution in [2.75, 3.05) is 6.54 Å². The molecule has 1 atom stereocenters. The monoisotopic (exact) mass is 345 g/mol. The van der Waals surface area contributed by atoms with Crippen molar-refractivity contribution in [3.8, 4) is 11.1 Å². The Morgan fingerprint density at radius 2 is 1.46 bits per heavy atom. The van der Waals surface area contributed by atoms with E-state index in [1.54, 1.807) is 13.0 Å². The third kappa shape index (κ3) is 4.01. The van der Waals surface area contributed by atoms with Gasteiger partial charge in [-0.1, -0.05) is 72.8 Å². The Kier molecular flexibility index (Phi) is 5.19. The average Bonchev–Trinajstić information content (AvgIpc) is 2.67. The molecule has 0 spiro atoms. The van der Waals surface area contributed by atoms with Gasteiger partial charge in [0.05, 0.1) is 6.54 Å². The molecule has 0 aliphatic heterocycles. The van der Waals surface area contributed by atoms with E-state index >= 15 is 0 Å². The number of nitrogens with one attached hydrogen (secondary N) is 1. The van der Waals surface area contributed by atoms with Gasteiger partial charge in [0.1, 0.15) is 5.60 Å². The third-order valence-electron chi connectivity index (χ3n) is 4.60. The van der Waals surface area contributed by atoms with Crippen molar-refractivity contribution in [2.24, 2.45) is 0 Å². The molecule has 0 saturated carbocycles. The zero-order chi connectivity index (χ0) is 18.6. The normalized spacial score (nSPS) is 13.0. The van der Waals surface area contributed by atoms with E-state index in [0.29, 0.717) is 5.56 Å².